The van der Waals surface area contributed by atoms with Crippen LogP contribution in [0.5, 0.6) is 0 Å². The maximum Gasteiger partial charge on any atom is 0.128 e. The van der Waals surface area contributed by atoms with E-state index in [1.165, 1.54) is 0 Å². The van der Waals surface area contributed by atoms with Gasteiger partial charge in [-0.1, -0.05) is 6.07 Å². The molecule has 0 aliphatic carbocycles. The molecule has 1 aliphatic rings. The second kappa shape index (κ2) is 7.02. The number of hydrogen-bond donors (Lipinski definition) is 1. The fourth-order valence-electron chi connectivity index (χ4n) is 2.37. The molecule has 5 heteroatoms. The Balaban J connectivity index is 1.84. The number of pyridine rings is 1. The average Bonchev–Trinajstić information content (AvgIpc) is 2.46. The molecule has 0 spiro atoms. The topological polar surface area (TPSA) is 42.8 Å². The first kappa shape index (κ1) is 15.2. The Morgan fingerprint density at radius 3 is 2.45 bits per heavy atom. The highest BCUT2D eigenvalue weighted by atomic mass is 16.3. The van der Waals surface area contributed by atoms with Crippen LogP contribution >= 0.6 is 0 Å². The zero-order valence-corrected chi connectivity index (χ0v) is 12.8. The number of piperazine rings is 1. The molecule has 0 bridgehead atoms. The second-order valence-electron chi connectivity index (χ2n) is 5.76. The van der Waals surface area contributed by atoms with Gasteiger partial charge in [0, 0.05) is 45.5 Å². The molecule has 1 atom stereocenters. The largest absolute Gasteiger partial charge is 0.389 e. The third kappa shape index (κ3) is 4.16. The van der Waals surface area contributed by atoms with Crippen LogP contribution in [0.25, 0.3) is 0 Å². The Bertz CT molecular complexity index is 397. The lowest BCUT2D eigenvalue weighted by Gasteiger charge is -2.35. The molecule has 1 aliphatic heterocycles. The van der Waals surface area contributed by atoms with Crippen molar-refractivity contribution in [1.29, 1.82) is 0 Å². The summed E-state index contributed by atoms with van der Waals surface area (Å²) in [7, 11) is 4.23. The van der Waals surface area contributed by atoms with Gasteiger partial charge in [0.25, 0.3) is 0 Å². The minimum Gasteiger partial charge on any atom is -0.389 e. The number of hydrogen-bond acceptors (Lipinski definition) is 5. The zero-order chi connectivity index (χ0) is 14.5. The molecule has 1 unspecified atom stereocenters. The number of likely N-dealkylation sites (N-methyl/N-ethyl adjacent to an activating group) is 1. The molecule has 0 radical (unpaired) electrons. The molecule has 2 heterocycles. The van der Waals surface area contributed by atoms with Gasteiger partial charge in [0.05, 0.1) is 6.10 Å². The summed E-state index contributed by atoms with van der Waals surface area (Å²) in [5.74, 6) is 1.02. The van der Waals surface area contributed by atoms with E-state index in [2.05, 4.69) is 33.8 Å². The Hall–Kier alpha value is -1.17. The highest BCUT2D eigenvalue weighted by Crippen LogP contribution is 2.17. The van der Waals surface area contributed by atoms with E-state index in [1.54, 1.807) is 13.1 Å². The van der Waals surface area contributed by atoms with Gasteiger partial charge in [-0.15, -0.1) is 0 Å². The van der Waals surface area contributed by atoms with E-state index in [-0.39, 0.29) is 0 Å². The summed E-state index contributed by atoms with van der Waals surface area (Å²) in [4.78, 5) is 11.5. The van der Waals surface area contributed by atoms with Crippen molar-refractivity contribution in [2.45, 2.75) is 13.0 Å². The Kier molecular flexibility index (Phi) is 5.34. The molecule has 1 saturated heterocycles. The molecule has 112 valence electrons. The van der Waals surface area contributed by atoms with Crippen LogP contribution in [0.15, 0.2) is 18.3 Å². The summed E-state index contributed by atoms with van der Waals surface area (Å²) in [6.45, 7) is 8.24. The van der Waals surface area contributed by atoms with Crippen LogP contribution in [0, 0.1) is 0 Å². The summed E-state index contributed by atoms with van der Waals surface area (Å²) < 4.78 is 0. The molecule has 0 aromatic carbocycles. The highest BCUT2D eigenvalue weighted by molar-refractivity contribution is 5.40. The summed E-state index contributed by atoms with van der Waals surface area (Å²) in [5, 5.41) is 9.50. The van der Waals surface area contributed by atoms with Gasteiger partial charge in [-0.25, -0.2) is 4.98 Å². The van der Waals surface area contributed by atoms with Gasteiger partial charge in [0.15, 0.2) is 0 Å². The fraction of sp³-hybridized carbons (Fsp3) is 0.667. The van der Waals surface area contributed by atoms with Crippen LogP contribution in [-0.2, 0) is 0 Å². The van der Waals surface area contributed by atoms with Gasteiger partial charge in [-0.05, 0) is 32.6 Å². The lowest BCUT2D eigenvalue weighted by atomic mass is 10.2. The van der Waals surface area contributed by atoms with E-state index in [0.29, 0.717) is 0 Å². The number of aliphatic hydroxyl groups is 1. The van der Waals surface area contributed by atoms with Gasteiger partial charge < -0.3 is 14.9 Å². The lowest BCUT2D eigenvalue weighted by Crippen LogP contribution is -2.48. The second-order valence-corrected chi connectivity index (χ2v) is 5.76. The van der Waals surface area contributed by atoms with E-state index in [9.17, 15) is 5.11 Å². The van der Waals surface area contributed by atoms with Crippen molar-refractivity contribution < 1.29 is 5.11 Å². The van der Waals surface area contributed by atoms with Crippen molar-refractivity contribution in [2.75, 3.05) is 58.3 Å². The van der Waals surface area contributed by atoms with E-state index in [4.69, 9.17) is 0 Å². The summed E-state index contributed by atoms with van der Waals surface area (Å²) in [5.41, 5.74) is 0.873. The van der Waals surface area contributed by atoms with Crippen LogP contribution < -0.4 is 4.90 Å². The molecular formula is C15H26N4O. The van der Waals surface area contributed by atoms with E-state index < -0.39 is 6.10 Å². The van der Waals surface area contributed by atoms with Crippen molar-refractivity contribution in [2.24, 2.45) is 0 Å². The third-order valence-corrected chi connectivity index (χ3v) is 3.81. The first-order valence-electron chi connectivity index (χ1n) is 7.32. The minimum absolute atomic E-state index is 0.445. The van der Waals surface area contributed by atoms with Crippen LogP contribution in [0.1, 0.15) is 18.6 Å². The summed E-state index contributed by atoms with van der Waals surface area (Å²) in [6, 6.07) is 3.98. The molecule has 2 rings (SSSR count). The van der Waals surface area contributed by atoms with Crippen molar-refractivity contribution in [3.8, 4) is 0 Å². The fourth-order valence-corrected chi connectivity index (χ4v) is 2.37. The van der Waals surface area contributed by atoms with Crippen molar-refractivity contribution >= 4 is 5.82 Å². The third-order valence-electron chi connectivity index (χ3n) is 3.81. The first-order valence-corrected chi connectivity index (χ1v) is 7.32. The number of anilines is 1. The Labute approximate surface area is 121 Å². The van der Waals surface area contributed by atoms with E-state index >= 15 is 0 Å². The van der Waals surface area contributed by atoms with Crippen LogP contribution in [0.2, 0.25) is 0 Å². The number of aliphatic hydroxyl groups excluding tert-OH is 1. The monoisotopic (exact) mass is 278 g/mol. The minimum atomic E-state index is -0.445. The van der Waals surface area contributed by atoms with Gasteiger partial charge in [-0.2, -0.15) is 0 Å². The highest BCUT2D eigenvalue weighted by Gasteiger charge is 2.17. The smallest absolute Gasteiger partial charge is 0.128 e. The molecule has 0 saturated carbocycles. The maximum atomic E-state index is 9.50. The molecule has 1 N–H and O–H groups in total. The summed E-state index contributed by atoms with van der Waals surface area (Å²) in [6.07, 6.45) is 1.33. The number of rotatable bonds is 5. The van der Waals surface area contributed by atoms with Crippen molar-refractivity contribution in [3.63, 3.8) is 0 Å². The zero-order valence-electron chi connectivity index (χ0n) is 12.8. The molecular weight excluding hydrogens is 252 g/mol. The number of nitrogens with zero attached hydrogens (tertiary/aromatic N) is 4. The van der Waals surface area contributed by atoms with Gasteiger partial charge in [0.2, 0.25) is 0 Å². The molecule has 1 aromatic rings. The van der Waals surface area contributed by atoms with Crippen molar-refractivity contribution in [3.05, 3.63) is 23.9 Å². The van der Waals surface area contributed by atoms with Crippen LogP contribution in [0.3, 0.4) is 0 Å². The molecule has 20 heavy (non-hydrogen) atoms. The molecule has 5 nitrogen and oxygen atoms in total. The predicted octanol–water partition coefficient (Wildman–Crippen LogP) is 0.818. The molecule has 0 amide bonds. The predicted molar refractivity (Wildman–Crippen MR) is 82.1 cm³/mol. The van der Waals surface area contributed by atoms with Crippen LogP contribution in [-0.4, -0.2) is 73.3 Å². The SMILES string of the molecule is CC(O)c1ccc(N2CCN(CCN(C)C)CC2)nc1. The quantitative estimate of drug-likeness (QED) is 0.864. The number of aromatic nitrogens is 1. The first-order chi connectivity index (χ1) is 9.56. The lowest BCUT2D eigenvalue weighted by molar-refractivity contribution is 0.199. The van der Waals surface area contributed by atoms with Gasteiger partial charge in [0.1, 0.15) is 5.82 Å². The molecule has 1 fully saturated rings. The van der Waals surface area contributed by atoms with E-state index in [0.717, 1.165) is 50.6 Å². The van der Waals surface area contributed by atoms with Gasteiger partial charge in [-0.3, -0.25) is 4.90 Å². The van der Waals surface area contributed by atoms with E-state index in [1.807, 2.05) is 12.1 Å². The molecule has 1 aromatic heterocycles. The summed E-state index contributed by atoms with van der Waals surface area (Å²) >= 11 is 0. The Morgan fingerprint density at radius 2 is 1.95 bits per heavy atom. The Morgan fingerprint density at radius 1 is 1.25 bits per heavy atom. The average molecular weight is 278 g/mol. The van der Waals surface area contributed by atoms with Crippen molar-refractivity contribution in [1.82, 2.24) is 14.8 Å². The maximum absolute atomic E-state index is 9.50. The van der Waals surface area contributed by atoms with Crippen LogP contribution in [0.4, 0.5) is 5.82 Å². The normalized spacial score (nSPS) is 18.6. The standard InChI is InChI=1S/C15H26N4O/c1-13(20)14-4-5-15(16-12-14)19-10-8-18(9-11-19)7-6-17(2)3/h4-5,12-13,20H,6-11H2,1-3H3. The van der Waals surface area contributed by atoms with Gasteiger partial charge >= 0.3 is 0 Å².